The zero-order chi connectivity index (χ0) is 16.2. The third-order valence-corrected chi connectivity index (χ3v) is 4.63. The van der Waals surface area contributed by atoms with Crippen LogP contribution in [0.4, 0.5) is 4.79 Å². The number of amides is 1. The maximum absolute atomic E-state index is 11.9. The second kappa shape index (κ2) is 7.64. The quantitative estimate of drug-likeness (QED) is 0.792. The van der Waals surface area contributed by atoms with Crippen LogP contribution >= 0.6 is 0 Å². The number of carbonyl (C=O) groups is 1. The Morgan fingerprint density at radius 2 is 2.09 bits per heavy atom. The van der Waals surface area contributed by atoms with Crippen LogP contribution in [0.15, 0.2) is 0 Å². The van der Waals surface area contributed by atoms with Gasteiger partial charge in [-0.3, -0.25) is 0 Å². The fourth-order valence-corrected chi connectivity index (χ4v) is 3.46. The molecule has 1 amide bonds. The van der Waals surface area contributed by atoms with Crippen LogP contribution in [-0.2, 0) is 4.74 Å². The molecule has 128 valence electrons. The Hall–Kier alpha value is -0.810. The van der Waals surface area contributed by atoms with Gasteiger partial charge in [-0.15, -0.1) is 0 Å². The molecule has 2 atom stereocenters. The average Bonchev–Trinajstić information content (AvgIpc) is 2.88. The first-order valence-electron chi connectivity index (χ1n) is 8.77. The van der Waals surface area contributed by atoms with Gasteiger partial charge in [0.1, 0.15) is 5.60 Å². The number of hydrogen-bond donors (Lipinski definition) is 1. The first kappa shape index (κ1) is 17.5. The standard InChI is InChI=1S/C17H33N3O2/c1-17(2,3)22-16(21)19(4)10-6-9-18-14-8-12-20-11-5-7-15(20)13-14/h14-15,18H,5-13H2,1-4H3. The summed E-state index contributed by atoms with van der Waals surface area (Å²) < 4.78 is 5.35. The lowest BCUT2D eigenvalue weighted by Crippen LogP contribution is -2.46. The first-order chi connectivity index (χ1) is 10.3. The van der Waals surface area contributed by atoms with Crippen molar-refractivity contribution < 1.29 is 9.53 Å². The second-order valence-corrected chi connectivity index (χ2v) is 7.76. The van der Waals surface area contributed by atoms with Gasteiger partial charge in [0, 0.05) is 25.7 Å². The minimum atomic E-state index is -0.418. The predicted octanol–water partition coefficient (Wildman–Crippen LogP) is 2.46. The zero-order valence-corrected chi connectivity index (χ0v) is 14.7. The molecule has 0 radical (unpaired) electrons. The molecule has 2 fully saturated rings. The van der Waals surface area contributed by atoms with Crippen LogP contribution in [0.25, 0.3) is 0 Å². The zero-order valence-electron chi connectivity index (χ0n) is 14.7. The molecule has 2 saturated heterocycles. The Bertz CT molecular complexity index is 367. The Labute approximate surface area is 135 Å². The lowest BCUT2D eigenvalue weighted by atomic mass is 9.97. The van der Waals surface area contributed by atoms with E-state index in [0.29, 0.717) is 6.04 Å². The Balaban J connectivity index is 1.58. The minimum Gasteiger partial charge on any atom is -0.444 e. The van der Waals surface area contributed by atoms with Crippen molar-refractivity contribution in [2.24, 2.45) is 0 Å². The molecule has 0 aromatic rings. The number of nitrogens with one attached hydrogen (secondary N) is 1. The highest BCUT2D eigenvalue weighted by Crippen LogP contribution is 2.26. The van der Waals surface area contributed by atoms with Crippen molar-refractivity contribution >= 4 is 6.09 Å². The van der Waals surface area contributed by atoms with E-state index in [9.17, 15) is 4.79 Å². The molecule has 0 aromatic carbocycles. The number of hydrogen-bond acceptors (Lipinski definition) is 4. The van der Waals surface area contributed by atoms with E-state index < -0.39 is 5.60 Å². The Morgan fingerprint density at radius 3 is 2.82 bits per heavy atom. The summed E-state index contributed by atoms with van der Waals surface area (Å²) in [6.07, 6.45) is 6.05. The van der Waals surface area contributed by atoms with E-state index in [2.05, 4.69) is 10.2 Å². The molecular weight excluding hydrogens is 278 g/mol. The fraction of sp³-hybridized carbons (Fsp3) is 0.941. The van der Waals surface area contributed by atoms with E-state index in [1.807, 2.05) is 27.8 Å². The summed E-state index contributed by atoms with van der Waals surface area (Å²) in [4.78, 5) is 16.2. The summed E-state index contributed by atoms with van der Waals surface area (Å²) in [6, 6.07) is 1.47. The van der Waals surface area contributed by atoms with Crippen LogP contribution in [0.5, 0.6) is 0 Å². The number of nitrogens with zero attached hydrogens (tertiary/aromatic N) is 2. The SMILES string of the molecule is CN(CCCNC1CCN2CCCC2C1)C(=O)OC(C)(C)C. The summed E-state index contributed by atoms with van der Waals surface area (Å²) in [5.41, 5.74) is -0.418. The number of carbonyl (C=O) groups excluding carboxylic acids is 1. The molecule has 0 aromatic heterocycles. The Kier molecular flexibility index (Phi) is 6.09. The molecule has 1 N–H and O–H groups in total. The predicted molar refractivity (Wildman–Crippen MR) is 89.1 cm³/mol. The Morgan fingerprint density at radius 1 is 1.32 bits per heavy atom. The van der Waals surface area contributed by atoms with Gasteiger partial charge in [0.25, 0.3) is 0 Å². The van der Waals surface area contributed by atoms with E-state index in [-0.39, 0.29) is 6.09 Å². The molecule has 2 unspecified atom stereocenters. The lowest BCUT2D eigenvalue weighted by molar-refractivity contribution is 0.0297. The van der Waals surface area contributed by atoms with Crippen LogP contribution in [-0.4, -0.2) is 66.8 Å². The smallest absolute Gasteiger partial charge is 0.410 e. The van der Waals surface area contributed by atoms with E-state index in [1.165, 1.54) is 38.8 Å². The number of ether oxygens (including phenoxy) is 1. The third-order valence-electron chi connectivity index (χ3n) is 4.63. The van der Waals surface area contributed by atoms with E-state index in [1.54, 1.807) is 4.90 Å². The van der Waals surface area contributed by atoms with Gasteiger partial charge in [-0.1, -0.05) is 0 Å². The van der Waals surface area contributed by atoms with Crippen molar-refractivity contribution in [2.75, 3.05) is 33.2 Å². The molecule has 2 heterocycles. The van der Waals surface area contributed by atoms with Crippen molar-refractivity contribution in [1.82, 2.24) is 15.1 Å². The fourth-order valence-electron chi connectivity index (χ4n) is 3.46. The molecule has 0 aliphatic carbocycles. The van der Waals surface area contributed by atoms with Crippen LogP contribution in [0, 0.1) is 0 Å². The molecule has 5 heteroatoms. The van der Waals surface area contributed by atoms with Crippen LogP contribution in [0.2, 0.25) is 0 Å². The van der Waals surface area contributed by atoms with Gasteiger partial charge in [0.05, 0.1) is 0 Å². The van der Waals surface area contributed by atoms with Crippen LogP contribution in [0.3, 0.4) is 0 Å². The van der Waals surface area contributed by atoms with Crippen molar-refractivity contribution in [3.8, 4) is 0 Å². The molecule has 0 bridgehead atoms. The summed E-state index contributed by atoms with van der Waals surface area (Å²) in [5.74, 6) is 0. The van der Waals surface area contributed by atoms with E-state index >= 15 is 0 Å². The van der Waals surface area contributed by atoms with E-state index in [4.69, 9.17) is 4.74 Å². The summed E-state index contributed by atoms with van der Waals surface area (Å²) in [7, 11) is 1.81. The summed E-state index contributed by atoms with van der Waals surface area (Å²) in [6.45, 7) is 9.97. The highest BCUT2D eigenvalue weighted by atomic mass is 16.6. The molecule has 2 aliphatic rings. The molecule has 22 heavy (non-hydrogen) atoms. The molecule has 0 spiro atoms. The highest BCUT2D eigenvalue weighted by Gasteiger charge is 2.31. The number of rotatable bonds is 5. The molecule has 2 aliphatic heterocycles. The van der Waals surface area contributed by atoms with Gasteiger partial charge in [0.15, 0.2) is 0 Å². The van der Waals surface area contributed by atoms with Gasteiger partial charge >= 0.3 is 6.09 Å². The normalized spacial score (nSPS) is 25.8. The highest BCUT2D eigenvalue weighted by molar-refractivity contribution is 5.67. The van der Waals surface area contributed by atoms with Gasteiger partial charge in [-0.25, -0.2) is 4.79 Å². The van der Waals surface area contributed by atoms with Crippen molar-refractivity contribution in [3.05, 3.63) is 0 Å². The van der Waals surface area contributed by atoms with Crippen LogP contribution < -0.4 is 5.32 Å². The summed E-state index contributed by atoms with van der Waals surface area (Å²) >= 11 is 0. The molecule has 0 saturated carbocycles. The van der Waals surface area contributed by atoms with Crippen molar-refractivity contribution in [3.63, 3.8) is 0 Å². The maximum Gasteiger partial charge on any atom is 0.410 e. The number of fused-ring (bicyclic) bond motifs is 1. The average molecular weight is 311 g/mol. The van der Waals surface area contributed by atoms with Gasteiger partial charge in [0.2, 0.25) is 0 Å². The molecular formula is C17H33N3O2. The maximum atomic E-state index is 11.9. The van der Waals surface area contributed by atoms with Gasteiger partial charge in [-0.05, 0) is 72.5 Å². The third kappa shape index (κ3) is 5.43. The van der Waals surface area contributed by atoms with Crippen LogP contribution in [0.1, 0.15) is 52.9 Å². The van der Waals surface area contributed by atoms with Gasteiger partial charge < -0.3 is 19.9 Å². The lowest BCUT2D eigenvalue weighted by Gasteiger charge is -2.35. The van der Waals surface area contributed by atoms with Crippen molar-refractivity contribution in [2.45, 2.75) is 70.6 Å². The first-order valence-corrected chi connectivity index (χ1v) is 8.77. The second-order valence-electron chi connectivity index (χ2n) is 7.76. The van der Waals surface area contributed by atoms with E-state index in [0.717, 1.165) is 25.6 Å². The van der Waals surface area contributed by atoms with Gasteiger partial charge in [-0.2, -0.15) is 0 Å². The number of piperidine rings is 1. The molecule has 5 nitrogen and oxygen atoms in total. The largest absolute Gasteiger partial charge is 0.444 e. The summed E-state index contributed by atoms with van der Waals surface area (Å²) in [5, 5.41) is 3.67. The topological polar surface area (TPSA) is 44.8 Å². The minimum absolute atomic E-state index is 0.230. The van der Waals surface area contributed by atoms with Crippen molar-refractivity contribution in [1.29, 1.82) is 0 Å². The monoisotopic (exact) mass is 311 g/mol. The molecule has 2 rings (SSSR count).